The van der Waals surface area contributed by atoms with Gasteiger partial charge in [-0.05, 0) is 13.8 Å². The van der Waals surface area contributed by atoms with E-state index in [0.717, 1.165) is 0 Å². The summed E-state index contributed by atoms with van der Waals surface area (Å²) in [6.45, 7) is 2.01. The third kappa shape index (κ3) is 3.47. The van der Waals surface area contributed by atoms with Crippen molar-refractivity contribution in [3.8, 4) is 6.07 Å². The topological polar surface area (TPSA) is 91.5 Å². The minimum atomic E-state index is -4.59. The van der Waals surface area contributed by atoms with Crippen molar-refractivity contribution in [2.45, 2.75) is 25.6 Å². The van der Waals surface area contributed by atoms with E-state index in [-0.39, 0.29) is 11.8 Å². The lowest BCUT2D eigenvalue weighted by molar-refractivity contribution is -0.137. The van der Waals surface area contributed by atoms with E-state index in [2.05, 4.69) is 25.7 Å². The Morgan fingerprint density at radius 2 is 2.00 bits per heavy atom. The Morgan fingerprint density at radius 1 is 1.32 bits per heavy atom. The Balaban J connectivity index is 2.36. The van der Waals surface area contributed by atoms with Crippen molar-refractivity contribution in [2.75, 3.05) is 24.4 Å². The van der Waals surface area contributed by atoms with Crippen molar-refractivity contribution >= 4 is 17.5 Å². The van der Waals surface area contributed by atoms with Crippen molar-refractivity contribution in [2.24, 2.45) is 0 Å². The zero-order chi connectivity index (χ0) is 18.8. The van der Waals surface area contributed by atoms with Crippen LogP contribution in [0.5, 0.6) is 0 Å². The highest BCUT2D eigenvalue weighted by atomic mass is 19.4. The Bertz CT molecular complexity index is 808. The number of hydrogen-bond donors (Lipinski definition) is 2. The Labute approximate surface area is 140 Å². The maximum Gasteiger partial charge on any atom is 0.421 e. The van der Waals surface area contributed by atoms with Gasteiger partial charge in [-0.2, -0.15) is 28.5 Å². The molecular weight excluding hydrogens is 342 g/mol. The second-order valence-corrected chi connectivity index (χ2v) is 5.40. The van der Waals surface area contributed by atoms with Gasteiger partial charge in [-0.25, -0.2) is 14.1 Å². The molecule has 11 heteroatoms. The molecule has 0 unspecified atom stereocenters. The molecule has 0 bridgehead atoms. The largest absolute Gasteiger partial charge is 0.421 e. The molecule has 0 fully saturated rings. The molecule has 0 saturated carbocycles. The van der Waals surface area contributed by atoms with Gasteiger partial charge in [0.15, 0.2) is 5.54 Å². The average Bonchev–Trinajstić information content (AvgIpc) is 2.94. The van der Waals surface area contributed by atoms with Crippen LogP contribution in [0.3, 0.4) is 0 Å². The van der Waals surface area contributed by atoms with Gasteiger partial charge in [0.25, 0.3) is 0 Å². The highest BCUT2D eigenvalue weighted by Gasteiger charge is 2.35. The van der Waals surface area contributed by atoms with Crippen LogP contribution in [0.4, 0.5) is 35.0 Å². The normalized spacial score (nSPS) is 13.8. The lowest BCUT2D eigenvalue weighted by Gasteiger charge is -2.20. The van der Waals surface area contributed by atoms with Crippen LogP contribution in [0.25, 0.3) is 0 Å². The number of anilines is 3. The number of hydrogen-bond acceptors (Lipinski definition) is 6. The predicted octanol–water partition coefficient (Wildman–Crippen LogP) is 2.99. The van der Waals surface area contributed by atoms with E-state index in [1.54, 1.807) is 6.92 Å². The first-order chi connectivity index (χ1) is 11.7. The molecule has 134 valence electrons. The molecule has 0 aromatic carbocycles. The average molecular weight is 357 g/mol. The standard InChI is InChI=1S/C14H15F4N7/c1-8-10(5-22-25(8)13(2,6-15)7-19)23-12-21-4-9(14(16,17)18)11(20-3)24-12/h4-5H,6H2,1-3H3,(H2,20,21,23,24)/t13-/m0/s1. The number of alkyl halides is 4. The molecule has 0 spiro atoms. The number of rotatable bonds is 5. The summed E-state index contributed by atoms with van der Waals surface area (Å²) in [4.78, 5) is 7.42. The Hall–Kier alpha value is -2.90. The summed E-state index contributed by atoms with van der Waals surface area (Å²) in [5, 5.41) is 18.2. The van der Waals surface area contributed by atoms with Gasteiger partial charge in [0.2, 0.25) is 5.95 Å². The van der Waals surface area contributed by atoms with Crippen LogP contribution in [-0.4, -0.2) is 33.5 Å². The second kappa shape index (κ2) is 6.54. The Kier molecular flexibility index (Phi) is 4.82. The van der Waals surface area contributed by atoms with Gasteiger partial charge in [0.1, 0.15) is 18.1 Å². The van der Waals surface area contributed by atoms with Crippen LogP contribution in [0.15, 0.2) is 12.4 Å². The molecule has 2 rings (SSSR count). The summed E-state index contributed by atoms with van der Waals surface area (Å²) < 4.78 is 52.9. The van der Waals surface area contributed by atoms with Crippen molar-refractivity contribution in [3.63, 3.8) is 0 Å². The van der Waals surface area contributed by atoms with E-state index in [4.69, 9.17) is 5.26 Å². The molecule has 0 aliphatic carbocycles. The van der Waals surface area contributed by atoms with Crippen LogP contribution >= 0.6 is 0 Å². The second-order valence-electron chi connectivity index (χ2n) is 5.40. The van der Waals surface area contributed by atoms with Gasteiger partial charge >= 0.3 is 6.18 Å². The van der Waals surface area contributed by atoms with E-state index >= 15 is 0 Å². The number of aromatic nitrogens is 4. The number of nitriles is 1. The van der Waals surface area contributed by atoms with Gasteiger partial charge in [-0.1, -0.05) is 0 Å². The lowest BCUT2D eigenvalue weighted by Crippen LogP contribution is -2.32. The maximum absolute atomic E-state index is 13.2. The predicted molar refractivity (Wildman–Crippen MR) is 82.1 cm³/mol. The molecule has 0 saturated heterocycles. The first kappa shape index (κ1) is 18.4. The molecule has 0 aliphatic rings. The minimum Gasteiger partial charge on any atom is -0.372 e. The molecule has 2 N–H and O–H groups in total. The van der Waals surface area contributed by atoms with Gasteiger partial charge in [0.05, 0.1) is 23.6 Å². The van der Waals surface area contributed by atoms with Gasteiger partial charge in [-0.15, -0.1) is 0 Å². The zero-order valence-corrected chi connectivity index (χ0v) is 13.6. The number of halogens is 4. The molecule has 0 aliphatic heterocycles. The summed E-state index contributed by atoms with van der Waals surface area (Å²) in [6.07, 6.45) is -2.62. The van der Waals surface area contributed by atoms with Crippen LogP contribution in [0.1, 0.15) is 18.2 Å². The van der Waals surface area contributed by atoms with Gasteiger partial charge < -0.3 is 10.6 Å². The summed E-state index contributed by atoms with van der Waals surface area (Å²) in [5.41, 5.74) is -1.73. The first-order valence-corrected chi connectivity index (χ1v) is 7.07. The summed E-state index contributed by atoms with van der Waals surface area (Å²) in [7, 11) is 1.31. The van der Waals surface area contributed by atoms with Crippen molar-refractivity contribution < 1.29 is 17.6 Å². The van der Waals surface area contributed by atoms with E-state index in [1.807, 2.05) is 6.07 Å². The fraction of sp³-hybridized carbons (Fsp3) is 0.429. The quantitative estimate of drug-likeness (QED) is 0.800. The third-order valence-electron chi connectivity index (χ3n) is 3.56. The SMILES string of the molecule is CNc1nc(Nc2cnn([C@](C)(C#N)CF)c2C)ncc1C(F)(F)F. The summed E-state index contributed by atoms with van der Waals surface area (Å²) in [5.74, 6) is -0.487. The number of nitrogens with one attached hydrogen (secondary N) is 2. The highest BCUT2D eigenvalue weighted by molar-refractivity contribution is 5.58. The minimum absolute atomic E-state index is 0.0982. The smallest absolute Gasteiger partial charge is 0.372 e. The van der Waals surface area contributed by atoms with Crippen LogP contribution in [0.2, 0.25) is 0 Å². The van der Waals surface area contributed by atoms with Gasteiger partial charge in [0, 0.05) is 13.2 Å². The Morgan fingerprint density at radius 3 is 2.52 bits per heavy atom. The first-order valence-electron chi connectivity index (χ1n) is 7.07. The summed E-state index contributed by atoms with van der Waals surface area (Å²) >= 11 is 0. The van der Waals surface area contributed by atoms with Crippen molar-refractivity contribution in [1.29, 1.82) is 5.26 Å². The fourth-order valence-corrected chi connectivity index (χ4v) is 2.12. The van der Waals surface area contributed by atoms with E-state index < -0.39 is 24.0 Å². The molecule has 2 aromatic rings. The molecule has 7 nitrogen and oxygen atoms in total. The molecule has 0 amide bonds. The van der Waals surface area contributed by atoms with E-state index in [9.17, 15) is 17.6 Å². The third-order valence-corrected chi connectivity index (χ3v) is 3.56. The van der Waals surface area contributed by atoms with E-state index in [0.29, 0.717) is 17.6 Å². The number of nitrogens with zero attached hydrogens (tertiary/aromatic N) is 5. The van der Waals surface area contributed by atoms with Crippen LogP contribution in [-0.2, 0) is 11.7 Å². The molecule has 2 aromatic heterocycles. The van der Waals surface area contributed by atoms with Crippen molar-refractivity contribution in [3.05, 3.63) is 23.7 Å². The molecule has 0 radical (unpaired) electrons. The van der Waals surface area contributed by atoms with Crippen LogP contribution < -0.4 is 10.6 Å². The van der Waals surface area contributed by atoms with Crippen LogP contribution in [0, 0.1) is 18.3 Å². The molecule has 25 heavy (non-hydrogen) atoms. The van der Waals surface area contributed by atoms with E-state index in [1.165, 1.54) is 24.9 Å². The maximum atomic E-state index is 13.2. The molecule has 1 atom stereocenters. The lowest BCUT2D eigenvalue weighted by atomic mass is 10.1. The molecule has 2 heterocycles. The summed E-state index contributed by atoms with van der Waals surface area (Å²) in [6, 6.07) is 1.84. The van der Waals surface area contributed by atoms with Gasteiger partial charge in [-0.3, -0.25) is 0 Å². The fourth-order valence-electron chi connectivity index (χ4n) is 2.12. The monoisotopic (exact) mass is 357 g/mol. The highest BCUT2D eigenvalue weighted by Crippen LogP contribution is 2.34. The van der Waals surface area contributed by atoms with Crippen molar-refractivity contribution in [1.82, 2.24) is 19.7 Å². The zero-order valence-electron chi connectivity index (χ0n) is 13.6. The molecular formula is C14H15F4N7.